The second-order valence-corrected chi connectivity index (χ2v) is 7.05. The Hall–Kier alpha value is -3.21. The summed E-state index contributed by atoms with van der Waals surface area (Å²) in [5.74, 6) is 0.232. The van der Waals surface area contributed by atoms with Gasteiger partial charge in [-0.25, -0.2) is 4.63 Å². The molecule has 11 heteroatoms. The monoisotopic (exact) mass is 401 g/mol. The van der Waals surface area contributed by atoms with E-state index in [1.165, 1.54) is 18.7 Å². The van der Waals surface area contributed by atoms with E-state index >= 15 is 0 Å². The number of nitrogens with one attached hydrogen (secondary N) is 2. The minimum atomic E-state index is -0.308. The molecular formula is C17H19N7O3S. The Morgan fingerprint density at radius 1 is 1.14 bits per heavy atom. The normalized spacial score (nSPS) is 10.7. The zero-order valence-electron chi connectivity index (χ0n) is 15.8. The van der Waals surface area contributed by atoms with Crippen LogP contribution in [0.5, 0.6) is 0 Å². The molecule has 1 aromatic carbocycles. The number of hydrogen-bond donors (Lipinski definition) is 2. The van der Waals surface area contributed by atoms with Crippen LogP contribution in [0.15, 0.2) is 28.0 Å². The first-order chi connectivity index (χ1) is 13.4. The lowest BCUT2D eigenvalue weighted by Gasteiger charge is -2.11. The predicted octanol–water partition coefficient (Wildman–Crippen LogP) is 2.17. The fourth-order valence-electron chi connectivity index (χ4n) is 2.55. The van der Waals surface area contributed by atoms with Crippen molar-refractivity contribution >= 4 is 35.1 Å². The summed E-state index contributed by atoms with van der Waals surface area (Å²) in [6.45, 7) is 5.25. The summed E-state index contributed by atoms with van der Waals surface area (Å²) in [6.07, 6.45) is 0. The highest BCUT2D eigenvalue weighted by molar-refractivity contribution is 7.99. The number of aryl methyl sites for hydroxylation is 2. The third-order valence-corrected chi connectivity index (χ3v) is 4.93. The zero-order chi connectivity index (χ0) is 20.3. The molecule has 146 valence electrons. The number of thioether (sulfide) groups is 1. The highest BCUT2D eigenvalue weighted by Gasteiger charge is 2.21. The van der Waals surface area contributed by atoms with Crippen LogP contribution in [-0.4, -0.2) is 42.6 Å². The van der Waals surface area contributed by atoms with E-state index in [9.17, 15) is 9.59 Å². The Morgan fingerprint density at radius 3 is 2.54 bits per heavy atom. The maximum absolute atomic E-state index is 12.3. The number of para-hydroxylation sites is 1. The molecule has 0 saturated carbocycles. The van der Waals surface area contributed by atoms with Crippen LogP contribution in [0.1, 0.15) is 18.1 Å². The van der Waals surface area contributed by atoms with Crippen molar-refractivity contribution in [3.05, 3.63) is 29.3 Å². The molecular weight excluding hydrogens is 382 g/mol. The second-order valence-electron chi connectivity index (χ2n) is 6.11. The number of hydrogen-bond acceptors (Lipinski definition) is 8. The van der Waals surface area contributed by atoms with Crippen molar-refractivity contribution in [2.45, 2.75) is 25.9 Å². The molecule has 3 aromatic rings. The highest BCUT2D eigenvalue weighted by atomic mass is 32.2. The summed E-state index contributed by atoms with van der Waals surface area (Å²) in [7, 11) is 1.73. The van der Waals surface area contributed by atoms with Gasteiger partial charge in [-0.1, -0.05) is 30.0 Å². The van der Waals surface area contributed by atoms with Crippen LogP contribution in [0.25, 0.3) is 11.5 Å². The molecule has 3 rings (SSSR count). The highest BCUT2D eigenvalue weighted by Crippen LogP contribution is 2.26. The van der Waals surface area contributed by atoms with Crippen LogP contribution in [-0.2, 0) is 16.6 Å². The van der Waals surface area contributed by atoms with E-state index in [1.807, 2.05) is 32.0 Å². The van der Waals surface area contributed by atoms with Gasteiger partial charge in [0.1, 0.15) is 0 Å². The Balaban J connectivity index is 1.69. The molecule has 0 saturated heterocycles. The smallest absolute Gasteiger partial charge is 0.234 e. The van der Waals surface area contributed by atoms with Gasteiger partial charge in [-0.15, -0.1) is 10.2 Å². The quantitative estimate of drug-likeness (QED) is 0.602. The second kappa shape index (κ2) is 8.21. The van der Waals surface area contributed by atoms with Crippen molar-refractivity contribution in [1.29, 1.82) is 0 Å². The number of amides is 2. The van der Waals surface area contributed by atoms with Crippen LogP contribution in [0.2, 0.25) is 0 Å². The molecule has 0 bridgehead atoms. The molecule has 0 aliphatic heterocycles. The zero-order valence-corrected chi connectivity index (χ0v) is 16.6. The minimum absolute atomic E-state index is 0.144. The first-order valence-corrected chi connectivity index (χ1v) is 9.34. The molecule has 2 amide bonds. The molecule has 10 nitrogen and oxygen atoms in total. The van der Waals surface area contributed by atoms with Gasteiger partial charge in [-0.3, -0.25) is 9.59 Å². The SMILES string of the molecule is CC(=O)Nc1nonc1-c1nnc(SCC(=O)Nc2c(C)cccc2C)n1C. The van der Waals surface area contributed by atoms with Gasteiger partial charge < -0.3 is 15.2 Å². The van der Waals surface area contributed by atoms with E-state index in [1.54, 1.807) is 11.6 Å². The molecule has 0 aliphatic rings. The van der Waals surface area contributed by atoms with Gasteiger partial charge in [-0.2, -0.15) is 0 Å². The maximum Gasteiger partial charge on any atom is 0.234 e. The van der Waals surface area contributed by atoms with Crippen molar-refractivity contribution in [1.82, 2.24) is 25.1 Å². The van der Waals surface area contributed by atoms with E-state index in [0.29, 0.717) is 11.0 Å². The summed E-state index contributed by atoms with van der Waals surface area (Å²) in [6, 6.07) is 5.84. The van der Waals surface area contributed by atoms with Crippen LogP contribution in [0.4, 0.5) is 11.5 Å². The van der Waals surface area contributed by atoms with Gasteiger partial charge in [0.05, 0.1) is 5.75 Å². The van der Waals surface area contributed by atoms with Crippen molar-refractivity contribution in [3.63, 3.8) is 0 Å². The van der Waals surface area contributed by atoms with Gasteiger partial charge in [0.2, 0.25) is 17.6 Å². The summed E-state index contributed by atoms with van der Waals surface area (Å²) in [4.78, 5) is 23.6. The number of rotatable bonds is 6. The lowest BCUT2D eigenvalue weighted by atomic mass is 10.1. The van der Waals surface area contributed by atoms with Crippen molar-refractivity contribution in [2.24, 2.45) is 7.05 Å². The summed E-state index contributed by atoms with van der Waals surface area (Å²) in [5.41, 5.74) is 3.09. The molecule has 0 fully saturated rings. The first kappa shape index (κ1) is 19.5. The summed E-state index contributed by atoms with van der Waals surface area (Å²) >= 11 is 1.24. The Morgan fingerprint density at radius 2 is 1.86 bits per heavy atom. The van der Waals surface area contributed by atoms with Crippen molar-refractivity contribution in [2.75, 3.05) is 16.4 Å². The Bertz CT molecular complexity index is 1010. The van der Waals surface area contributed by atoms with Gasteiger partial charge in [0, 0.05) is 19.7 Å². The lowest BCUT2D eigenvalue weighted by Crippen LogP contribution is -2.16. The predicted molar refractivity (Wildman–Crippen MR) is 104 cm³/mol. The summed E-state index contributed by atoms with van der Waals surface area (Å²) < 4.78 is 6.34. The number of carbonyl (C=O) groups is 2. The standard InChI is InChI=1S/C17H19N7O3S/c1-9-6-5-7-10(2)13(9)19-12(26)8-28-17-21-20-16(24(17)4)14-15(18-11(3)25)23-27-22-14/h5-7H,8H2,1-4H3,(H,19,26)(H,18,23,25). The van der Waals surface area contributed by atoms with Crippen LogP contribution in [0.3, 0.4) is 0 Å². The topological polar surface area (TPSA) is 128 Å². The molecule has 0 atom stereocenters. The molecule has 0 radical (unpaired) electrons. The van der Waals surface area contributed by atoms with Crippen LogP contribution >= 0.6 is 11.8 Å². The first-order valence-electron chi connectivity index (χ1n) is 8.35. The molecule has 0 unspecified atom stereocenters. The van der Waals surface area contributed by atoms with E-state index in [2.05, 4.69) is 35.8 Å². The number of aromatic nitrogens is 5. The van der Waals surface area contributed by atoms with E-state index in [4.69, 9.17) is 0 Å². The van der Waals surface area contributed by atoms with E-state index in [0.717, 1.165) is 16.8 Å². The molecule has 2 N–H and O–H groups in total. The third kappa shape index (κ3) is 4.19. The van der Waals surface area contributed by atoms with Crippen molar-refractivity contribution < 1.29 is 14.2 Å². The average molecular weight is 401 g/mol. The Labute approximate surface area is 165 Å². The largest absolute Gasteiger partial charge is 0.325 e. The maximum atomic E-state index is 12.3. The van der Waals surface area contributed by atoms with Gasteiger partial charge >= 0.3 is 0 Å². The lowest BCUT2D eigenvalue weighted by molar-refractivity contribution is -0.114. The Kier molecular flexibility index (Phi) is 5.73. The fourth-order valence-corrected chi connectivity index (χ4v) is 3.26. The number of nitrogens with zero attached hydrogens (tertiary/aromatic N) is 5. The minimum Gasteiger partial charge on any atom is -0.325 e. The number of benzene rings is 1. The number of anilines is 2. The van der Waals surface area contributed by atoms with Crippen LogP contribution in [0, 0.1) is 13.8 Å². The van der Waals surface area contributed by atoms with Gasteiger partial charge in [0.15, 0.2) is 16.7 Å². The third-order valence-electron chi connectivity index (χ3n) is 3.91. The molecule has 0 spiro atoms. The average Bonchev–Trinajstić information content (AvgIpc) is 3.22. The molecule has 28 heavy (non-hydrogen) atoms. The van der Waals surface area contributed by atoms with Crippen molar-refractivity contribution in [3.8, 4) is 11.5 Å². The molecule has 0 aliphatic carbocycles. The van der Waals surface area contributed by atoms with Gasteiger partial charge in [0.25, 0.3) is 0 Å². The van der Waals surface area contributed by atoms with E-state index in [-0.39, 0.29) is 29.1 Å². The van der Waals surface area contributed by atoms with E-state index < -0.39 is 0 Å². The van der Waals surface area contributed by atoms with Crippen LogP contribution < -0.4 is 10.6 Å². The number of carbonyl (C=O) groups excluding carboxylic acids is 2. The van der Waals surface area contributed by atoms with Gasteiger partial charge in [-0.05, 0) is 35.3 Å². The summed E-state index contributed by atoms with van der Waals surface area (Å²) in [5, 5.41) is 21.5. The molecule has 2 aromatic heterocycles. The fraction of sp³-hybridized carbons (Fsp3) is 0.294. The molecule has 2 heterocycles.